The average molecular weight is 303 g/mol. The van der Waals surface area contributed by atoms with Crippen molar-refractivity contribution in [2.45, 2.75) is 25.1 Å². The zero-order chi connectivity index (χ0) is 16.0. The first kappa shape index (κ1) is 17.0. The lowest BCUT2D eigenvalue weighted by Crippen LogP contribution is -2.40. The molecule has 0 heterocycles. The van der Waals surface area contributed by atoms with Gasteiger partial charge in [-0.25, -0.2) is 4.79 Å². The molecular formula is C14H16F3NO3. The van der Waals surface area contributed by atoms with Gasteiger partial charge in [-0.3, -0.25) is 0 Å². The van der Waals surface area contributed by atoms with Crippen LogP contribution in [0.15, 0.2) is 36.4 Å². The number of benzene rings is 1. The van der Waals surface area contributed by atoms with E-state index >= 15 is 0 Å². The Bertz CT molecular complexity index is 497. The van der Waals surface area contributed by atoms with Crippen LogP contribution in [0.5, 0.6) is 0 Å². The van der Waals surface area contributed by atoms with Gasteiger partial charge in [0.2, 0.25) is 0 Å². The fourth-order valence-electron chi connectivity index (χ4n) is 1.99. The highest BCUT2D eigenvalue weighted by Crippen LogP contribution is 2.31. The lowest BCUT2D eigenvalue weighted by atomic mass is 9.90. The van der Waals surface area contributed by atoms with Gasteiger partial charge in [0, 0.05) is 5.92 Å². The van der Waals surface area contributed by atoms with Gasteiger partial charge < -0.3 is 15.5 Å². The van der Waals surface area contributed by atoms with Crippen LogP contribution in [0.1, 0.15) is 24.0 Å². The third-order valence-corrected chi connectivity index (χ3v) is 2.96. The van der Waals surface area contributed by atoms with Crippen molar-refractivity contribution in [3.05, 3.63) is 47.5 Å². The van der Waals surface area contributed by atoms with E-state index < -0.39 is 36.4 Å². The van der Waals surface area contributed by atoms with E-state index in [2.05, 4.69) is 5.32 Å². The van der Waals surface area contributed by atoms with E-state index in [9.17, 15) is 23.1 Å². The molecule has 0 spiro atoms. The van der Waals surface area contributed by atoms with Crippen molar-refractivity contribution in [2.75, 3.05) is 6.61 Å². The minimum atomic E-state index is -4.43. The smallest absolute Gasteiger partial charge is 0.416 e. The summed E-state index contributed by atoms with van der Waals surface area (Å²) in [6.07, 6.45) is -2.46. The van der Waals surface area contributed by atoms with Crippen LogP contribution in [0, 0.1) is 0 Å². The molecular weight excluding hydrogens is 287 g/mol. The van der Waals surface area contributed by atoms with E-state index in [4.69, 9.17) is 5.11 Å². The predicted molar refractivity (Wildman–Crippen MR) is 71.0 cm³/mol. The van der Waals surface area contributed by atoms with Crippen LogP contribution in [0.2, 0.25) is 0 Å². The minimum Gasteiger partial charge on any atom is -0.465 e. The second-order valence-corrected chi connectivity index (χ2v) is 4.41. The Hall–Kier alpha value is -2.02. The number of nitrogens with one attached hydrogen (secondary N) is 1. The Kier molecular flexibility index (Phi) is 5.78. The van der Waals surface area contributed by atoms with Gasteiger partial charge in [0.05, 0.1) is 18.2 Å². The SMILES string of the molecule is CC=CC(c1ccc(C(F)(F)F)cc1)C(CO)NC(=O)O. The number of carbonyl (C=O) groups is 1. The first-order valence-electron chi connectivity index (χ1n) is 6.20. The van der Waals surface area contributed by atoms with Crippen LogP contribution in [0.3, 0.4) is 0 Å². The molecule has 2 unspecified atom stereocenters. The number of carboxylic acid groups (broad SMARTS) is 1. The van der Waals surface area contributed by atoms with Crippen molar-refractivity contribution in [1.29, 1.82) is 0 Å². The van der Waals surface area contributed by atoms with E-state index in [0.29, 0.717) is 5.56 Å². The van der Waals surface area contributed by atoms with Crippen molar-refractivity contribution in [3.63, 3.8) is 0 Å². The number of rotatable bonds is 5. The van der Waals surface area contributed by atoms with Crippen LogP contribution in [-0.2, 0) is 6.18 Å². The summed E-state index contributed by atoms with van der Waals surface area (Å²) >= 11 is 0. The van der Waals surface area contributed by atoms with E-state index in [0.717, 1.165) is 12.1 Å². The van der Waals surface area contributed by atoms with Crippen LogP contribution in [0.4, 0.5) is 18.0 Å². The van der Waals surface area contributed by atoms with Gasteiger partial charge in [0.25, 0.3) is 0 Å². The molecule has 0 saturated carbocycles. The van der Waals surface area contributed by atoms with Gasteiger partial charge in [0.1, 0.15) is 0 Å². The maximum absolute atomic E-state index is 12.5. The molecule has 21 heavy (non-hydrogen) atoms. The normalized spacial score (nSPS) is 14.9. The molecule has 0 radical (unpaired) electrons. The van der Waals surface area contributed by atoms with Gasteiger partial charge in [-0.05, 0) is 24.6 Å². The molecule has 7 heteroatoms. The molecule has 3 N–H and O–H groups in total. The van der Waals surface area contributed by atoms with Gasteiger partial charge in [-0.2, -0.15) is 13.2 Å². The highest BCUT2D eigenvalue weighted by atomic mass is 19.4. The summed E-state index contributed by atoms with van der Waals surface area (Å²) in [6, 6.07) is 3.58. The monoisotopic (exact) mass is 303 g/mol. The van der Waals surface area contributed by atoms with Gasteiger partial charge in [0.15, 0.2) is 0 Å². The molecule has 0 aliphatic carbocycles. The van der Waals surface area contributed by atoms with Crippen molar-refractivity contribution in [2.24, 2.45) is 0 Å². The number of hydrogen-bond acceptors (Lipinski definition) is 2. The molecule has 4 nitrogen and oxygen atoms in total. The van der Waals surface area contributed by atoms with Crippen molar-refractivity contribution < 1.29 is 28.2 Å². The minimum absolute atomic E-state index is 0.470. The van der Waals surface area contributed by atoms with Crippen LogP contribution < -0.4 is 5.32 Å². The summed E-state index contributed by atoms with van der Waals surface area (Å²) in [4.78, 5) is 10.7. The highest BCUT2D eigenvalue weighted by molar-refractivity contribution is 5.65. The van der Waals surface area contributed by atoms with Crippen LogP contribution >= 0.6 is 0 Å². The molecule has 0 aliphatic heterocycles. The maximum atomic E-state index is 12.5. The molecule has 0 aromatic heterocycles. The van der Waals surface area contributed by atoms with Gasteiger partial charge in [-0.1, -0.05) is 24.3 Å². The summed E-state index contributed by atoms with van der Waals surface area (Å²) in [5, 5.41) is 20.2. The average Bonchev–Trinajstić information content (AvgIpc) is 2.41. The molecule has 0 bridgehead atoms. The first-order valence-corrected chi connectivity index (χ1v) is 6.20. The number of allylic oxidation sites excluding steroid dienone is 1. The number of aliphatic hydroxyl groups is 1. The topological polar surface area (TPSA) is 69.6 Å². The van der Waals surface area contributed by atoms with Crippen molar-refractivity contribution in [3.8, 4) is 0 Å². The van der Waals surface area contributed by atoms with E-state index in [-0.39, 0.29) is 0 Å². The fourth-order valence-corrected chi connectivity index (χ4v) is 1.99. The molecule has 1 amide bonds. The molecule has 116 valence electrons. The van der Waals surface area contributed by atoms with Crippen molar-refractivity contribution in [1.82, 2.24) is 5.32 Å². The van der Waals surface area contributed by atoms with Gasteiger partial charge in [-0.15, -0.1) is 0 Å². The quantitative estimate of drug-likeness (QED) is 0.732. The highest BCUT2D eigenvalue weighted by Gasteiger charge is 2.30. The Morgan fingerprint density at radius 3 is 2.29 bits per heavy atom. The third-order valence-electron chi connectivity index (χ3n) is 2.96. The number of alkyl halides is 3. The molecule has 0 fully saturated rings. The Morgan fingerprint density at radius 1 is 1.33 bits per heavy atom. The van der Waals surface area contributed by atoms with Gasteiger partial charge >= 0.3 is 12.3 Å². The lowest BCUT2D eigenvalue weighted by Gasteiger charge is -2.23. The maximum Gasteiger partial charge on any atom is 0.416 e. The predicted octanol–water partition coefficient (Wildman–Crippen LogP) is 2.99. The number of amides is 1. The molecule has 0 aliphatic rings. The molecule has 1 rings (SSSR count). The fraction of sp³-hybridized carbons (Fsp3) is 0.357. The number of halogens is 3. The Balaban J connectivity index is 3.07. The first-order chi connectivity index (χ1) is 9.79. The molecule has 0 saturated heterocycles. The van der Waals surface area contributed by atoms with Crippen molar-refractivity contribution >= 4 is 6.09 Å². The Labute approximate surface area is 119 Å². The third kappa shape index (κ3) is 4.78. The number of hydrogen-bond donors (Lipinski definition) is 3. The van der Waals surface area contributed by atoms with Crippen LogP contribution in [0.25, 0.3) is 0 Å². The zero-order valence-corrected chi connectivity index (χ0v) is 11.3. The summed E-state index contributed by atoms with van der Waals surface area (Å²) < 4.78 is 37.6. The summed E-state index contributed by atoms with van der Waals surface area (Å²) in [5.74, 6) is -0.557. The van der Waals surface area contributed by atoms with Crippen LogP contribution in [-0.4, -0.2) is 29.0 Å². The summed E-state index contributed by atoms with van der Waals surface area (Å²) in [5.41, 5.74) is -0.300. The van der Waals surface area contributed by atoms with E-state index in [1.807, 2.05) is 0 Å². The Morgan fingerprint density at radius 2 is 1.90 bits per heavy atom. The molecule has 1 aromatic carbocycles. The summed E-state index contributed by atoms with van der Waals surface area (Å²) in [6.45, 7) is 1.23. The standard InChI is InChI=1S/C14H16F3NO3/c1-2-3-11(12(8-19)18-13(20)21)9-4-6-10(7-5-9)14(15,16)17/h2-7,11-12,18-19H,8H2,1H3,(H,20,21). The zero-order valence-electron chi connectivity index (χ0n) is 11.3. The second-order valence-electron chi connectivity index (χ2n) is 4.41. The van der Waals surface area contributed by atoms with E-state index in [1.54, 1.807) is 19.1 Å². The van der Waals surface area contributed by atoms with E-state index in [1.165, 1.54) is 12.1 Å². The summed E-state index contributed by atoms with van der Waals surface area (Å²) in [7, 11) is 0. The molecule has 2 atom stereocenters. The second kappa shape index (κ2) is 7.12. The molecule has 1 aromatic rings. The largest absolute Gasteiger partial charge is 0.465 e. The lowest BCUT2D eigenvalue weighted by molar-refractivity contribution is -0.137. The number of aliphatic hydroxyl groups excluding tert-OH is 1.